The molecule has 0 rings (SSSR count). The van der Waals surface area contributed by atoms with E-state index in [1.165, 1.54) is 0 Å². The van der Waals surface area contributed by atoms with E-state index in [0.717, 1.165) is 0 Å². The van der Waals surface area contributed by atoms with Crippen molar-refractivity contribution in [1.82, 2.24) is 0 Å². The summed E-state index contributed by atoms with van der Waals surface area (Å²) in [6.45, 7) is 19.0. The maximum absolute atomic E-state index is 3.27. The van der Waals surface area contributed by atoms with E-state index in [4.69, 9.17) is 0 Å². The number of rotatable bonds is 0. The van der Waals surface area contributed by atoms with Crippen LogP contribution in [0.3, 0.4) is 0 Å². The summed E-state index contributed by atoms with van der Waals surface area (Å²) in [6.07, 6.45) is 0. The van der Waals surface area contributed by atoms with Crippen LogP contribution < -0.4 is 0 Å². The smallest absolute Gasteiger partial charge is 0.0907 e. The topological polar surface area (TPSA) is 0 Å². The summed E-state index contributed by atoms with van der Waals surface area (Å²) in [5.74, 6) is 9.80. The second kappa shape index (κ2) is 6.51. The number of hydrogen-bond donors (Lipinski definition) is 0. The Morgan fingerprint density at radius 2 is 0.684 bits per heavy atom. The molecular weight excluding hydrogens is 247 g/mol. The Labute approximate surface area is 121 Å². The monoisotopic (exact) mass is 274 g/mol. The van der Waals surface area contributed by atoms with Crippen molar-refractivity contribution in [3.8, 4) is 34.7 Å². The molecule has 0 saturated carbocycles. The molecule has 0 aromatic carbocycles. The van der Waals surface area contributed by atoms with Gasteiger partial charge in [0.15, 0.2) is 0 Å². The van der Waals surface area contributed by atoms with Crippen molar-refractivity contribution in [2.45, 2.75) is 62.3 Å². The summed E-state index contributed by atoms with van der Waals surface area (Å²) in [4.78, 5) is 0. The van der Waals surface area contributed by atoms with Crippen LogP contribution in [0.1, 0.15) is 62.3 Å². The molecule has 0 aromatic heterocycles. The van der Waals surface area contributed by atoms with Crippen molar-refractivity contribution in [2.24, 2.45) is 16.2 Å². The first-order valence-electron chi connectivity index (χ1n) is 6.67. The average Bonchev–Trinajstić information content (AvgIpc) is 2.11. The molecule has 0 aliphatic carbocycles. The van der Waals surface area contributed by atoms with E-state index in [9.17, 15) is 0 Å². The van der Waals surface area contributed by atoms with Gasteiger partial charge < -0.3 is 0 Å². The Morgan fingerprint density at radius 3 is 0.842 bits per heavy atom. The van der Waals surface area contributed by atoms with E-state index in [0.29, 0.717) is 0 Å². The molecule has 0 aliphatic heterocycles. The lowest BCUT2D eigenvalue weighted by Gasteiger charge is -2.09. The van der Waals surface area contributed by atoms with Gasteiger partial charge in [-0.15, -0.1) is 0 Å². The van der Waals surface area contributed by atoms with E-state index >= 15 is 0 Å². The SMILES string of the molecule is CC(C)(C)C#CP(C#CC(C)(C)C)C#CC(C)(C)C. The van der Waals surface area contributed by atoms with Gasteiger partial charge in [0.1, 0.15) is 7.92 Å². The molecule has 0 unspecified atom stereocenters. The predicted octanol–water partition coefficient (Wildman–Crippen LogP) is 5.49. The quantitative estimate of drug-likeness (QED) is 0.405. The first-order chi connectivity index (χ1) is 8.29. The summed E-state index contributed by atoms with van der Waals surface area (Å²) < 4.78 is 0. The minimum Gasteiger partial charge on any atom is -0.0907 e. The van der Waals surface area contributed by atoms with Crippen LogP contribution in [0, 0.1) is 51.0 Å². The second-order valence-corrected chi connectivity index (χ2v) is 9.14. The minimum atomic E-state index is -0.837. The normalized spacial score (nSPS) is 11.7. The van der Waals surface area contributed by atoms with Gasteiger partial charge in [0.25, 0.3) is 0 Å². The van der Waals surface area contributed by atoms with E-state index in [-0.39, 0.29) is 16.2 Å². The van der Waals surface area contributed by atoms with Crippen LogP contribution in [0.5, 0.6) is 0 Å². The van der Waals surface area contributed by atoms with Crippen LogP contribution in [-0.4, -0.2) is 0 Å². The van der Waals surface area contributed by atoms with Crippen molar-refractivity contribution in [3.05, 3.63) is 0 Å². The first kappa shape index (κ1) is 18.1. The highest BCUT2D eigenvalue weighted by Gasteiger charge is 2.08. The van der Waals surface area contributed by atoms with Gasteiger partial charge in [-0.3, -0.25) is 0 Å². The van der Waals surface area contributed by atoms with Gasteiger partial charge in [-0.25, -0.2) is 0 Å². The van der Waals surface area contributed by atoms with E-state index in [1.807, 2.05) is 0 Å². The first-order valence-corrected chi connectivity index (χ1v) is 8.01. The molecule has 0 heterocycles. The summed E-state index contributed by atoms with van der Waals surface area (Å²) in [5.41, 5.74) is 9.84. The Morgan fingerprint density at radius 1 is 0.474 bits per heavy atom. The van der Waals surface area contributed by atoms with Crippen molar-refractivity contribution < 1.29 is 0 Å². The molecule has 0 aliphatic rings. The summed E-state index contributed by atoms with van der Waals surface area (Å²) in [6, 6.07) is 0. The molecule has 1 heteroatoms. The largest absolute Gasteiger partial charge is 0.126 e. The van der Waals surface area contributed by atoms with Gasteiger partial charge >= 0.3 is 0 Å². The van der Waals surface area contributed by atoms with Crippen LogP contribution in [0.15, 0.2) is 0 Å². The molecule has 0 spiro atoms. The molecular formula is C18H27P. The van der Waals surface area contributed by atoms with Gasteiger partial charge in [0.2, 0.25) is 0 Å². The average molecular weight is 274 g/mol. The third-order valence-electron chi connectivity index (χ3n) is 1.63. The molecule has 0 nitrogen and oxygen atoms in total. The molecule has 0 bridgehead atoms. The predicted molar refractivity (Wildman–Crippen MR) is 88.6 cm³/mol. The second-order valence-electron chi connectivity index (χ2n) is 7.80. The third kappa shape index (κ3) is 13.3. The molecule has 0 saturated heterocycles. The molecule has 19 heavy (non-hydrogen) atoms. The highest BCUT2D eigenvalue weighted by atomic mass is 31.1. The molecule has 0 N–H and O–H groups in total. The lowest BCUT2D eigenvalue weighted by Crippen LogP contribution is -2.00. The molecule has 104 valence electrons. The zero-order valence-electron chi connectivity index (χ0n) is 13.9. The lowest BCUT2D eigenvalue weighted by atomic mass is 9.99. The molecule has 0 radical (unpaired) electrons. The van der Waals surface area contributed by atoms with Gasteiger partial charge in [0, 0.05) is 16.2 Å². The van der Waals surface area contributed by atoms with Gasteiger partial charge in [-0.2, -0.15) is 0 Å². The van der Waals surface area contributed by atoms with Gasteiger partial charge in [-0.1, -0.05) is 17.8 Å². The summed E-state index contributed by atoms with van der Waals surface area (Å²) in [7, 11) is -0.837. The van der Waals surface area contributed by atoms with Crippen molar-refractivity contribution >= 4 is 7.92 Å². The molecule has 0 fully saturated rings. The third-order valence-corrected chi connectivity index (χ3v) is 2.63. The van der Waals surface area contributed by atoms with Gasteiger partial charge in [-0.05, 0) is 79.3 Å². The van der Waals surface area contributed by atoms with Crippen molar-refractivity contribution in [3.63, 3.8) is 0 Å². The molecule has 0 amide bonds. The van der Waals surface area contributed by atoms with E-state index < -0.39 is 7.92 Å². The number of hydrogen-bond acceptors (Lipinski definition) is 0. The fraction of sp³-hybridized carbons (Fsp3) is 0.667. The summed E-state index contributed by atoms with van der Waals surface area (Å²) in [5, 5.41) is 0. The van der Waals surface area contributed by atoms with E-state index in [1.54, 1.807) is 0 Å². The van der Waals surface area contributed by atoms with Crippen molar-refractivity contribution in [1.29, 1.82) is 0 Å². The highest BCUT2D eigenvalue weighted by molar-refractivity contribution is 7.72. The van der Waals surface area contributed by atoms with Crippen LogP contribution in [-0.2, 0) is 0 Å². The fourth-order valence-electron chi connectivity index (χ4n) is 0.755. The van der Waals surface area contributed by atoms with Crippen LogP contribution in [0.25, 0.3) is 0 Å². The van der Waals surface area contributed by atoms with Crippen LogP contribution in [0.2, 0.25) is 0 Å². The molecule has 0 atom stereocenters. The summed E-state index contributed by atoms with van der Waals surface area (Å²) >= 11 is 0. The molecule has 0 aromatic rings. The van der Waals surface area contributed by atoms with E-state index in [2.05, 4.69) is 97.1 Å². The van der Waals surface area contributed by atoms with Crippen molar-refractivity contribution in [2.75, 3.05) is 0 Å². The maximum atomic E-state index is 3.27. The zero-order valence-corrected chi connectivity index (χ0v) is 14.8. The fourth-order valence-corrected chi connectivity index (χ4v) is 2.26. The Hall–Kier alpha value is -0.890. The van der Waals surface area contributed by atoms with Crippen LogP contribution >= 0.6 is 7.92 Å². The van der Waals surface area contributed by atoms with Crippen LogP contribution in [0.4, 0.5) is 0 Å². The Kier molecular flexibility index (Phi) is 6.21. The lowest BCUT2D eigenvalue weighted by molar-refractivity contribution is 0.571. The van der Waals surface area contributed by atoms with Gasteiger partial charge in [0.05, 0.1) is 0 Å². The minimum absolute atomic E-state index is 0.00735. The zero-order chi connectivity index (χ0) is 15.3. The maximum Gasteiger partial charge on any atom is 0.126 e. The highest BCUT2D eigenvalue weighted by Crippen LogP contribution is 2.33. The Bertz CT molecular complexity index is 394. The Balaban J connectivity index is 5.30. The standard InChI is InChI=1S/C18H27P/c1-16(2,3)10-13-19(14-11-17(4,5)6)15-12-18(7,8)9/h1-9H3.